The number of aryl methyl sites for hydroxylation is 1. The fraction of sp³-hybridized carbons (Fsp3) is 0.600. The van der Waals surface area contributed by atoms with Crippen LogP contribution in [-0.2, 0) is 16.2 Å². The summed E-state index contributed by atoms with van der Waals surface area (Å²) in [6.45, 7) is 11.6. The van der Waals surface area contributed by atoms with E-state index in [1.807, 2.05) is 13.1 Å². The molecular formula is C20H30ClN7O2Si. The van der Waals surface area contributed by atoms with Crippen molar-refractivity contribution in [1.29, 1.82) is 0 Å². The largest absolute Gasteiger partial charge is 0.381 e. The van der Waals surface area contributed by atoms with E-state index in [1.54, 1.807) is 15.5 Å². The molecular weight excluding hydrogens is 434 g/mol. The highest BCUT2D eigenvalue weighted by Crippen LogP contribution is 2.30. The van der Waals surface area contributed by atoms with Crippen LogP contribution >= 0.6 is 11.6 Å². The molecule has 0 amide bonds. The molecule has 0 atom stereocenters. The number of nitrogens with zero attached hydrogens (tertiary/aromatic N) is 6. The third kappa shape index (κ3) is 5.43. The van der Waals surface area contributed by atoms with Gasteiger partial charge in [0.25, 0.3) is 0 Å². The normalized spacial score (nSPS) is 15.6. The van der Waals surface area contributed by atoms with E-state index in [2.05, 4.69) is 45.1 Å². The minimum absolute atomic E-state index is 0.304. The van der Waals surface area contributed by atoms with Crippen LogP contribution in [0.1, 0.15) is 18.5 Å². The third-order valence-electron chi connectivity index (χ3n) is 5.31. The summed E-state index contributed by atoms with van der Waals surface area (Å²) in [5.41, 5.74) is 2.92. The Morgan fingerprint density at radius 3 is 2.77 bits per heavy atom. The summed E-state index contributed by atoms with van der Waals surface area (Å²) in [6, 6.07) is 1.43. The number of fused-ring (bicyclic) bond motifs is 1. The number of aromatic nitrogens is 6. The Hall–Kier alpha value is -2.01. The van der Waals surface area contributed by atoms with Gasteiger partial charge in [-0.2, -0.15) is 14.6 Å². The zero-order chi connectivity index (χ0) is 22.0. The predicted octanol–water partition coefficient (Wildman–Crippen LogP) is 3.85. The van der Waals surface area contributed by atoms with Gasteiger partial charge in [-0.05, 0) is 25.8 Å². The first kappa shape index (κ1) is 22.2. The van der Waals surface area contributed by atoms with Crippen LogP contribution in [0.5, 0.6) is 0 Å². The molecule has 168 valence electrons. The van der Waals surface area contributed by atoms with Gasteiger partial charge in [-0.15, -0.1) is 5.10 Å². The summed E-state index contributed by atoms with van der Waals surface area (Å²) in [5.74, 6) is 0.552. The van der Waals surface area contributed by atoms with Crippen molar-refractivity contribution in [2.24, 2.45) is 0 Å². The molecule has 1 aliphatic heterocycles. The van der Waals surface area contributed by atoms with Crippen molar-refractivity contribution >= 4 is 31.3 Å². The van der Waals surface area contributed by atoms with Crippen molar-refractivity contribution in [2.75, 3.05) is 25.1 Å². The van der Waals surface area contributed by atoms with Crippen molar-refractivity contribution in [3.8, 4) is 11.3 Å². The number of hydrogen-bond acceptors (Lipinski definition) is 7. The zero-order valence-corrected chi connectivity index (χ0v) is 20.3. The molecule has 1 N–H and O–H groups in total. The maximum absolute atomic E-state index is 6.69. The first-order chi connectivity index (χ1) is 14.8. The summed E-state index contributed by atoms with van der Waals surface area (Å²) in [6.07, 6.45) is 5.43. The number of rotatable bonds is 8. The predicted molar refractivity (Wildman–Crippen MR) is 123 cm³/mol. The number of hydrogen-bond donors (Lipinski definition) is 1. The maximum atomic E-state index is 6.69. The van der Waals surface area contributed by atoms with Gasteiger partial charge in [-0.25, -0.2) is 9.67 Å². The number of nitrogens with one attached hydrogen (secondary N) is 1. The van der Waals surface area contributed by atoms with Crippen LogP contribution in [0.3, 0.4) is 0 Å². The monoisotopic (exact) mass is 463 g/mol. The lowest BCUT2D eigenvalue weighted by atomic mass is 10.1. The maximum Gasteiger partial charge on any atom is 0.243 e. The average Bonchev–Trinajstić information content (AvgIpc) is 3.29. The van der Waals surface area contributed by atoms with Gasteiger partial charge in [0.1, 0.15) is 18.1 Å². The average molecular weight is 464 g/mol. The summed E-state index contributed by atoms with van der Waals surface area (Å²) < 4.78 is 14.6. The molecule has 11 heteroatoms. The molecule has 0 saturated carbocycles. The minimum atomic E-state index is -1.11. The standard InChI is InChI=1S/C20H30ClN7O2Si/c1-14-16(11-27(25-14)13-30-9-10-31(2,3)4)18-17(21)19-24-20(26-28(19)12-22-18)23-15-5-7-29-8-6-15/h11-12,15H,5-10,13H2,1-4H3,(H,23,26). The van der Waals surface area contributed by atoms with Crippen LogP contribution in [0.15, 0.2) is 12.5 Å². The molecule has 0 aromatic carbocycles. The van der Waals surface area contributed by atoms with Gasteiger partial charge in [0, 0.05) is 45.7 Å². The molecule has 3 aromatic rings. The molecule has 0 bridgehead atoms. The Morgan fingerprint density at radius 2 is 2.03 bits per heavy atom. The number of ether oxygens (including phenoxy) is 2. The van der Waals surface area contributed by atoms with Gasteiger partial charge >= 0.3 is 0 Å². The van der Waals surface area contributed by atoms with Crippen molar-refractivity contribution in [1.82, 2.24) is 29.4 Å². The Bertz CT molecular complexity index is 1040. The van der Waals surface area contributed by atoms with Crippen molar-refractivity contribution in [3.63, 3.8) is 0 Å². The van der Waals surface area contributed by atoms with Crippen LogP contribution < -0.4 is 5.32 Å². The molecule has 1 fully saturated rings. The SMILES string of the molecule is Cc1nn(COCC[Si](C)(C)C)cc1-c1ncn2nc(NC3CCOCC3)nc2c1Cl. The van der Waals surface area contributed by atoms with E-state index in [0.29, 0.717) is 35.1 Å². The Balaban J connectivity index is 1.50. The molecule has 1 saturated heterocycles. The van der Waals surface area contributed by atoms with Gasteiger partial charge in [-0.1, -0.05) is 31.2 Å². The molecule has 3 aromatic heterocycles. The van der Waals surface area contributed by atoms with Crippen LogP contribution in [-0.4, -0.2) is 63.3 Å². The van der Waals surface area contributed by atoms with E-state index in [9.17, 15) is 0 Å². The van der Waals surface area contributed by atoms with Crippen LogP contribution in [0.4, 0.5) is 5.95 Å². The van der Waals surface area contributed by atoms with Crippen molar-refractivity contribution in [3.05, 3.63) is 23.2 Å². The quantitative estimate of drug-likeness (QED) is 0.400. The second-order valence-corrected chi connectivity index (χ2v) is 15.2. The summed E-state index contributed by atoms with van der Waals surface area (Å²) in [7, 11) is -1.11. The molecule has 9 nitrogen and oxygen atoms in total. The highest BCUT2D eigenvalue weighted by molar-refractivity contribution is 6.76. The molecule has 0 unspecified atom stereocenters. The summed E-state index contributed by atoms with van der Waals surface area (Å²) in [4.78, 5) is 9.12. The molecule has 0 spiro atoms. The molecule has 0 radical (unpaired) electrons. The van der Waals surface area contributed by atoms with E-state index in [1.165, 1.54) is 0 Å². The fourth-order valence-electron chi connectivity index (χ4n) is 3.45. The van der Waals surface area contributed by atoms with Gasteiger partial charge in [0.05, 0.1) is 11.4 Å². The Kier molecular flexibility index (Phi) is 6.61. The van der Waals surface area contributed by atoms with Gasteiger partial charge in [-0.3, -0.25) is 0 Å². The summed E-state index contributed by atoms with van der Waals surface area (Å²) >= 11 is 6.69. The zero-order valence-electron chi connectivity index (χ0n) is 18.6. The number of anilines is 1. The second kappa shape index (κ2) is 9.23. The molecule has 31 heavy (non-hydrogen) atoms. The van der Waals surface area contributed by atoms with Gasteiger partial charge in [0.15, 0.2) is 5.65 Å². The van der Waals surface area contributed by atoms with E-state index >= 15 is 0 Å². The Morgan fingerprint density at radius 1 is 1.26 bits per heavy atom. The Labute approximate surface area is 188 Å². The lowest BCUT2D eigenvalue weighted by Gasteiger charge is -2.22. The van der Waals surface area contributed by atoms with Gasteiger partial charge < -0.3 is 14.8 Å². The molecule has 0 aliphatic carbocycles. The number of halogens is 1. The summed E-state index contributed by atoms with van der Waals surface area (Å²) in [5, 5.41) is 12.9. The molecule has 4 heterocycles. The topological polar surface area (TPSA) is 91.4 Å². The third-order valence-corrected chi connectivity index (χ3v) is 7.36. The highest BCUT2D eigenvalue weighted by atomic mass is 35.5. The fourth-order valence-corrected chi connectivity index (χ4v) is 4.49. The van der Waals surface area contributed by atoms with E-state index in [0.717, 1.165) is 50.0 Å². The molecule has 1 aliphatic rings. The van der Waals surface area contributed by atoms with Crippen LogP contribution in [0.25, 0.3) is 16.9 Å². The second-order valence-electron chi connectivity index (χ2n) is 9.16. The lowest BCUT2D eigenvalue weighted by molar-refractivity contribution is 0.0784. The molecule has 4 rings (SSSR count). The van der Waals surface area contributed by atoms with E-state index in [4.69, 9.17) is 21.1 Å². The van der Waals surface area contributed by atoms with Crippen molar-refractivity contribution in [2.45, 2.75) is 58.2 Å². The van der Waals surface area contributed by atoms with E-state index in [-0.39, 0.29) is 0 Å². The van der Waals surface area contributed by atoms with Crippen LogP contribution in [0.2, 0.25) is 30.7 Å². The highest BCUT2D eigenvalue weighted by Gasteiger charge is 2.20. The lowest BCUT2D eigenvalue weighted by Crippen LogP contribution is -2.28. The van der Waals surface area contributed by atoms with Crippen molar-refractivity contribution < 1.29 is 9.47 Å². The minimum Gasteiger partial charge on any atom is -0.381 e. The first-order valence-electron chi connectivity index (χ1n) is 10.7. The first-order valence-corrected chi connectivity index (χ1v) is 14.8. The van der Waals surface area contributed by atoms with Crippen LogP contribution in [0, 0.1) is 6.92 Å². The van der Waals surface area contributed by atoms with Gasteiger partial charge in [0.2, 0.25) is 5.95 Å². The smallest absolute Gasteiger partial charge is 0.243 e. The van der Waals surface area contributed by atoms with E-state index < -0.39 is 8.07 Å².